The highest BCUT2D eigenvalue weighted by molar-refractivity contribution is 5.63. The van der Waals surface area contributed by atoms with Gasteiger partial charge in [-0.25, -0.2) is 4.39 Å². The lowest BCUT2D eigenvalue weighted by atomic mass is 9.86. The average Bonchev–Trinajstić information content (AvgIpc) is 2.28. The van der Waals surface area contributed by atoms with Crippen LogP contribution in [0.2, 0.25) is 0 Å². The SMILES string of the molecule is CC(C)(C)c1ccc(-c2cccc(F)c2)cc1. The van der Waals surface area contributed by atoms with E-state index in [-0.39, 0.29) is 11.2 Å². The average molecular weight is 228 g/mol. The van der Waals surface area contributed by atoms with Gasteiger partial charge in [0.15, 0.2) is 0 Å². The molecule has 0 aliphatic carbocycles. The zero-order chi connectivity index (χ0) is 12.5. The fourth-order valence-corrected chi connectivity index (χ4v) is 1.83. The molecule has 2 aromatic carbocycles. The van der Waals surface area contributed by atoms with Gasteiger partial charge in [-0.3, -0.25) is 0 Å². The van der Waals surface area contributed by atoms with Crippen LogP contribution in [-0.2, 0) is 5.41 Å². The van der Waals surface area contributed by atoms with Crippen molar-refractivity contribution >= 4 is 0 Å². The Morgan fingerprint density at radius 1 is 0.824 bits per heavy atom. The standard InChI is InChI=1S/C16H17F/c1-16(2,3)14-9-7-12(8-10-14)13-5-4-6-15(17)11-13/h4-11H,1-3H3. The lowest BCUT2D eigenvalue weighted by Gasteiger charge is -2.19. The molecule has 2 rings (SSSR count). The van der Waals surface area contributed by atoms with E-state index >= 15 is 0 Å². The topological polar surface area (TPSA) is 0 Å². The first-order valence-electron chi connectivity index (χ1n) is 5.83. The highest BCUT2D eigenvalue weighted by atomic mass is 19.1. The third-order valence-corrected chi connectivity index (χ3v) is 2.91. The molecule has 17 heavy (non-hydrogen) atoms. The van der Waals surface area contributed by atoms with Gasteiger partial charge in [0.1, 0.15) is 5.82 Å². The monoisotopic (exact) mass is 228 g/mol. The van der Waals surface area contributed by atoms with Crippen molar-refractivity contribution in [3.8, 4) is 11.1 Å². The second-order valence-electron chi connectivity index (χ2n) is 5.34. The number of hydrogen-bond acceptors (Lipinski definition) is 0. The Labute approximate surface area is 102 Å². The summed E-state index contributed by atoms with van der Waals surface area (Å²) in [7, 11) is 0. The first kappa shape index (κ1) is 11.8. The van der Waals surface area contributed by atoms with Crippen LogP contribution in [0.3, 0.4) is 0 Å². The van der Waals surface area contributed by atoms with E-state index < -0.39 is 0 Å². The van der Waals surface area contributed by atoms with Crippen molar-refractivity contribution in [3.63, 3.8) is 0 Å². The maximum absolute atomic E-state index is 13.1. The summed E-state index contributed by atoms with van der Waals surface area (Å²) >= 11 is 0. The molecule has 0 heterocycles. The van der Waals surface area contributed by atoms with Crippen LogP contribution >= 0.6 is 0 Å². The normalized spacial score (nSPS) is 11.5. The highest BCUT2D eigenvalue weighted by Crippen LogP contribution is 2.26. The van der Waals surface area contributed by atoms with Crippen LogP contribution in [0, 0.1) is 5.82 Å². The van der Waals surface area contributed by atoms with Crippen LogP contribution in [0.4, 0.5) is 4.39 Å². The molecule has 0 unspecified atom stereocenters. The summed E-state index contributed by atoms with van der Waals surface area (Å²) in [6, 6.07) is 15.0. The molecule has 0 radical (unpaired) electrons. The van der Waals surface area contributed by atoms with Crippen LogP contribution in [-0.4, -0.2) is 0 Å². The Kier molecular flexibility index (Phi) is 3.01. The second-order valence-corrected chi connectivity index (χ2v) is 5.34. The van der Waals surface area contributed by atoms with Gasteiger partial charge in [-0.1, -0.05) is 57.2 Å². The van der Waals surface area contributed by atoms with Crippen molar-refractivity contribution in [1.29, 1.82) is 0 Å². The fourth-order valence-electron chi connectivity index (χ4n) is 1.83. The van der Waals surface area contributed by atoms with Gasteiger partial charge in [-0.05, 0) is 34.2 Å². The van der Waals surface area contributed by atoms with Crippen LogP contribution in [0.1, 0.15) is 26.3 Å². The summed E-state index contributed by atoms with van der Waals surface area (Å²) in [4.78, 5) is 0. The smallest absolute Gasteiger partial charge is 0.123 e. The first-order chi connectivity index (χ1) is 7.97. The molecule has 2 aromatic rings. The quantitative estimate of drug-likeness (QED) is 0.658. The Morgan fingerprint density at radius 2 is 1.47 bits per heavy atom. The largest absolute Gasteiger partial charge is 0.207 e. The van der Waals surface area contributed by atoms with E-state index in [0.29, 0.717) is 0 Å². The van der Waals surface area contributed by atoms with Crippen molar-refractivity contribution in [2.75, 3.05) is 0 Å². The Bertz CT molecular complexity index is 504. The van der Waals surface area contributed by atoms with Crippen molar-refractivity contribution in [1.82, 2.24) is 0 Å². The summed E-state index contributed by atoms with van der Waals surface area (Å²) in [5.74, 6) is -0.192. The van der Waals surface area contributed by atoms with Gasteiger partial charge in [-0.2, -0.15) is 0 Å². The van der Waals surface area contributed by atoms with E-state index in [0.717, 1.165) is 11.1 Å². The van der Waals surface area contributed by atoms with Gasteiger partial charge >= 0.3 is 0 Å². The molecular weight excluding hydrogens is 211 g/mol. The summed E-state index contributed by atoms with van der Waals surface area (Å²) < 4.78 is 13.1. The minimum atomic E-state index is -0.192. The van der Waals surface area contributed by atoms with Crippen LogP contribution in [0.25, 0.3) is 11.1 Å². The molecule has 0 fully saturated rings. The summed E-state index contributed by atoms with van der Waals surface area (Å²) in [6.45, 7) is 6.55. The first-order valence-corrected chi connectivity index (χ1v) is 5.83. The molecule has 0 aliphatic rings. The van der Waals surface area contributed by atoms with E-state index in [1.807, 2.05) is 6.07 Å². The maximum Gasteiger partial charge on any atom is 0.123 e. The zero-order valence-corrected chi connectivity index (χ0v) is 10.5. The van der Waals surface area contributed by atoms with E-state index in [4.69, 9.17) is 0 Å². The molecule has 0 N–H and O–H groups in total. The Hall–Kier alpha value is -1.63. The molecule has 1 heteroatoms. The van der Waals surface area contributed by atoms with Crippen LogP contribution in [0.5, 0.6) is 0 Å². The van der Waals surface area contributed by atoms with Crippen molar-refractivity contribution in [2.24, 2.45) is 0 Å². The summed E-state index contributed by atoms with van der Waals surface area (Å²) in [6.07, 6.45) is 0. The number of benzene rings is 2. The lowest BCUT2D eigenvalue weighted by molar-refractivity contribution is 0.590. The third-order valence-electron chi connectivity index (χ3n) is 2.91. The van der Waals surface area contributed by atoms with Gasteiger partial charge in [0.2, 0.25) is 0 Å². The molecule has 0 spiro atoms. The number of hydrogen-bond donors (Lipinski definition) is 0. The van der Waals surface area contributed by atoms with Crippen LogP contribution < -0.4 is 0 Å². The lowest BCUT2D eigenvalue weighted by Crippen LogP contribution is -2.10. The predicted molar refractivity (Wildman–Crippen MR) is 70.5 cm³/mol. The zero-order valence-electron chi connectivity index (χ0n) is 10.5. The Balaban J connectivity index is 2.36. The van der Waals surface area contributed by atoms with Gasteiger partial charge in [0.05, 0.1) is 0 Å². The molecular formula is C16H17F. The molecule has 0 aromatic heterocycles. The molecule has 0 nitrogen and oxygen atoms in total. The molecule has 0 aliphatic heterocycles. The van der Waals surface area contributed by atoms with Gasteiger partial charge < -0.3 is 0 Å². The molecule has 0 atom stereocenters. The Morgan fingerprint density at radius 3 is 2.00 bits per heavy atom. The minimum absolute atomic E-state index is 0.153. The van der Waals surface area contributed by atoms with E-state index in [2.05, 4.69) is 45.0 Å². The molecule has 88 valence electrons. The summed E-state index contributed by atoms with van der Waals surface area (Å²) in [5, 5.41) is 0. The molecule has 0 saturated carbocycles. The predicted octanol–water partition coefficient (Wildman–Crippen LogP) is 4.79. The summed E-state index contributed by atoms with van der Waals surface area (Å²) in [5.41, 5.74) is 3.42. The van der Waals surface area contributed by atoms with E-state index in [9.17, 15) is 4.39 Å². The van der Waals surface area contributed by atoms with Crippen molar-refractivity contribution in [2.45, 2.75) is 26.2 Å². The minimum Gasteiger partial charge on any atom is -0.207 e. The number of halogens is 1. The van der Waals surface area contributed by atoms with E-state index in [1.165, 1.54) is 11.6 Å². The molecule has 0 saturated heterocycles. The van der Waals surface area contributed by atoms with Crippen LogP contribution in [0.15, 0.2) is 48.5 Å². The second kappa shape index (κ2) is 4.33. The third kappa shape index (κ3) is 2.73. The maximum atomic E-state index is 13.1. The van der Waals surface area contributed by atoms with E-state index in [1.54, 1.807) is 12.1 Å². The number of rotatable bonds is 1. The highest BCUT2D eigenvalue weighted by Gasteiger charge is 2.12. The van der Waals surface area contributed by atoms with Gasteiger partial charge in [-0.15, -0.1) is 0 Å². The van der Waals surface area contributed by atoms with Crippen molar-refractivity contribution in [3.05, 3.63) is 59.9 Å². The molecule has 0 amide bonds. The molecule has 0 bridgehead atoms. The fraction of sp³-hybridized carbons (Fsp3) is 0.250. The van der Waals surface area contributed by atoms with Gasteiger partial charge in [0.25, 0.3) is 0 Å². The van der Waals surface area contributed by atoms with Crippen molar-refractivity contribution < 1.29 is 4.39 Å². The van der Waals surface area contributed by atoms with Gasteiger partial charge in [0, 0.05) is 0 Å².